The van der Waals surface area contributed by atoms with Crippen molar-refractivity contribution in [2.24, 2.45) is 0 Å². The molecule has 1 N–H and O–H groups in total. The molecule has 4 aromatic rings. The van der Waals surface area contributed by atoms with Gasteiger partial charge in [0, 0.05) is 4.88 Å². The number of nitrogens with one attached hydrogen (secondary N) is 1. The lowest BCUT2D eigenvalue weighted by Gasteiger charge is -2.05. The van der Waals surface area contributed by atoms with E-state index in [1.54, 1.807) is 34.3 Å². The number of rotatable bonds is 6. The highest BCUT2D eigenvalue weighted by Crippen LogP contribution is 2.25. The van der Waals surface area contributed by atoms with Crippen molar-refractivity contribution in [2.75, 3.05) is 5.75 Å². The molecule has 0 fully saturated rings. The summed E-state index contributed by atoms with van der Waals surface area (Å²) in [6.07, 6.45) is 3.10. The van der Waals surface area contributed by atoms with Crippen molar-refractivity contribution in [2.45, 2.75) is 11.6 Å². The van der Waals surface area contributed by atoms with Crippen molar-refractivity contribution >= 4 is 40.0 Å². The Morgan fingerprint density at radius 3 is 2.85 bits per heavy atom. The molecule has 0 aliphatic rings. The highest BCUT2D eigenvalue weighted by Gasteiger charge is 2.13. The fourth-order valence-corrected chi connectivity index (χ4v) is 3.93. The van der Waals surface area contributed by atoms with Gasteiger partial charge in [0.2, 0.25) is 5.91 Å². The number of nitrogens with zero attached hydrogens (tertiary/aromatic N) is 4. The Balaban J connectivity index is 1.48. The number of fused-ring (bicyclic) bond motifs is 1. The quantitative estimate of drug-likeness (QED) is 0.397. The molecule has 1 amide bonds. The molecule has 0 spiro atoms. The molecule has 0 bridgehead atoms. The zero-order chi connectivity index (χ0) is 18.6. The van der Waals surface area contributed by atoms with Crippen LogP contribution in [-0.4, -0.2) is 31.4 Å². The molecular weight excluding hydrogens is 385 g/mol. The maximum atomic E-state index is 13.1. The Morgan fingerprint density at radius 2 is 2.07 bits per heavy atom. The lowest BCUT2D eigenvalue weighted by Crippen LogP contribution is -2.24. The largest absolute Gasteiger partial charge is 0.350 e. The molecule has 0 atom stereocenters. The molecule has 27 heavy (non-hydrogen) atoms. The number of amides is 1. The molecule has 6 nitrogen and oxygen atoms in total. The average molecular weight is 399 g/mol. The van der Waals surface area contributed by atoms with Gasteiger partial charge in [0.1, 0.15) is 17.2 Å². The van der Waals surface area contributed by atoms with Gasteiger partial charge in [-0.2, -0.15) is 5.10 Å². The van der Waals surface area contributed by atoms with E-state index < -0.39 is 0 Å². The lowest BCUT2D eigenvalue weighted by molar-refractivity contribution is -0.118. The van der Waals surface area contributed by atoms with E-state index in [0.717, 1.165) is 10.3 Å². The van der Waals surface area contributed by atoms with Crippen LogP contribution in [0.5, 0.6) is 0 Å². The predicted octanol–water partition coefficient (Wildman–Crippen LogP) is 3.42. The van der Waals surface area contributed by atoms with Crippen molar-refractivity contribution < 1.29 is 9.18 Å². The highest BCUT2D eigenvalue weighted by molar-refractivity contribution is 8.00. The summed E-state index contributed by atoms with van der Waals surface area (Å²) in [6.45, 7) is 0.527. The lowest BCUT2D eigenvalue weighted by atomic mass is 10.3. The Bertz CT molecular complexity index is 1060. The highest BCUT2D eigenvalue weighted by atomic mass is 32.2. The number of aromatic nitrogens is 4. The number of carbonyl (C=O) groups excluding carboxylic acids is 1. The van der Waals surface area contributed by atoms with Crippen molar-refractivity contribution in [1.82, 2.24) is 25.1 Å². The summed E-state index contributed by atoms with van der Waals surface area (Å²) in [5.74, 6) is -0.125. The summed E-state index contributed by atoms with van der Waals surface area (Å²) in [7, 11) is 0. The molecular formula is C18H14FN5OS2. The van der Waals surface area contributed by atoms with Gasteiger partial charge in [-0.3, -0.25) is 4.79 Å². The van der Waals surface area contributed by atoms with E-state index in [2.05, 4.69) is 20.4 Å². The minimum atomic E-state index is -0.311. The van der Waals surface area contributed by atoms with Crippen molar-refractivity contribution in [1.29, 1.82) is 0 Å². The van der Waals surface area contributed by atoms with Gasteiger partial charge in [0.15, 0.2) is 5.65 Å². The number of hydrogen-bond acceptors (Lipinski definition) is 6. The summed E-state index contributed by atoms with van der Waals surface area (Å²) in [6, 6.07) is 9.95. The summed E-state index contributed by atoms with van der Waals surface area (Å²) < 4.78 is 14.8. The smallest absolute Gasteiger partial charge is 0.230 e. The molecule has 9 heteroatoms. The molecule has 0 saturated heterocycles. The predicted molar refractivity (Wildman–Crippen MR) is 104 cm³/mol. The third-order valence-electron chi connectivity index (χ3n) is 3.78. The van der Waals surface area contributed by atoms with Crippen molar-refractivity contribution in [3.8, 4) is 5.69 Å². The first-order chi connectivity index (χ1) is 13.2. The molecule has 0 aliphatic heterocycles. The van der Waals surface area contributed by atoms with Crippen molar-refractivity contribution in [3.63, 3.8) is 0 Å². The zero-order valence-corrected chi connectivity index (χ0v) is 15.6. The van der Waals surface area contributed by atoms with E-state index in [1.165, 1.54) is 30.2 Å². The number of halogens is 1. The van der Waals surface area contributed by atoms with E-state index in [-0.39, 0.29) is 17.5 Å². The van der Waals surface area contributed by atoms with Crippen LogP contribution < -0.4 is 5.32 Å². The SMILES string of the molecule is O=C(CSc1ncnc2c1cnn2-c1ccc(F)cc1)NCc1cccs1. The van der Waals surface area contributed by atoms with E-state index in [9.17, 15) is 9.18 Å². The second-order valence-electron chi connectivity index (χ2n) is 5.59. The first-order valence-electron chi connectivity index (χ1n) is 8.07. The van der Waals surface area contributed by atoms with Gasteiger partial charge in [0.25, 0.3) is 0 Å². The van der Waals surface area contributed by atoms with Crippen LogP contribution in [0.4, 0.5) is 4.39 Å². The van der Waals surface area contributed by atoms with Gasteiger partial charge in [-0.1, -0.05) is 17.8 Å². The van der Waals surface area contributed by atoms with Gasteiger partial charge < -0.3 is 5.32 Å². The van der Waals surface area contributed by atoms with Crippen LogP contribution in [0.15, 0.2) is 59.3 Å². The van der Waals surface area contributed by atoms with Crippen LogP contribution in [0.25, 0.3) is 16.7 Å². The topological polar surface area (TPSA) is 72.7 Å². The van der Waals surface area contributed by atoms with E-state index in [1.807, 2.05) is 17.5 Å². The third-order valence-corrected chi connectivity index (χ3v) is 5.66. The second kappa shape index (κ2) is 7.85. The normalized spacial score (nSPS) is 11.0. The van der Waals surface area contributed by atoms with Crippen LogP contribution in [-0.2, 0) is 11.3 Å². The number of hydrogen-bond donors (Lipinski definition) is 1. The fourth-order valence-electron chi connectivity index (χ4n) is 2.49. The van der Waals surface area contributed by atoms with Gasteiger partial charge in [-0.05, 0) is 35.7 Å². The summed E-state index contributed by atoms with van der Waals surface area (Å²) in [4.78, 5) is 21.7. The average Bonchev–Trinajstić information content (AvgIpc) is 3.35. The van der Waals surface area contributed by atoms with Crippen LogP contribution in [0.3, 0.4) is 0 Å². The Labute approximate surface area is 162 Å². The first kappa shape index (κ1) is 17.6. The number of thiophene rings is 1. The van der Waals surface area contributed by atoms with Crippen LogP contribution in [0.2, 0.25) is 0 Å². The van der Waals surface area contributed by atoms with E-state index in [0.29, 0.717) is 22.9 Å². The molecule has 0 unspecified atom stereocenters. The maximum Gasteiger partial charge on any atom is 0.230 e. The maximum absolute atomic E-state index is 13.1. The van der Waals surface area contributed by atoms with Crippen LogP contribution >= 0.6 is 23.1 Å². The fraction of sp³-hybridized carbons (Fsp3) is 0.111. The Morgan fingerprint density at radius 1 is 1.22 bits per heavy atom. The number of carbonyl (C=O) groups is 1. The van der Waals surface area contributed by atoms with Gasteiger partial charge >= 0.3 is 0 Å². The van der Waals surface area contributed by atoms with Crippen LogP contribution in [0.1, 0.15) is 4.88 Å². The Hall–Kier alpha value is -2.78. The van der Waals surface area contributed by atoms with Gasteiger partial charge in [-0.15, -0.1) is 11.3 Å². The Kier molecular flexibility index (Phi) is 5.12. The summed E-state index contributed by atoms with van der Waals surface area (Å²) in [5.41, 5.74) is 1.31. The molecule has 0 aliphatic carbocycles. The molecule has 3 heterocycles. The van der Waals surface area contributed by atoms with Crippen LogP contribution in [0, 0.1) is 5.82 Å². The first-order valence-corrected chi connectivity index (χ1v) is 9.94. The second-order valence-corrected chi connectivity index (χ2v) is 7.59. The zero-order valence-electron chi connectivity index (χ0n) is 14.0. The molecule has 1 aromatic carbocycles. The summed E-state index contributed by atoms with van der Waals surface area (Å²) >= 11 is 2.94. The molecule has 0 radical (unpaired) electrons. The molecule has 3 aromatic heterocycles. The van der Waals surface area contributed by atoms with Gasteiger partial charge in [-0.25, -0.2) is 19.0 Å². The van der Waals surface area contributed by atoms with Crippen molar-refractivity contribution in [3.05, 3.63) is 65.0 Å². The van der Waals surface area contributed by atoms with Gasteiger partial charge in [0.05, 0.1) is 29.6 Å². The minimum absolute atomic E-state index is 0.0638. The molecule has 136 valence electrons. The standard InChI is InChI=1S/C18H14FN5OS2/c19-12-3-5-13(6-4-12)24-17-15(9-23-24)18(22-11-21-17)27-10-16(25)20-8-14-2-1-7-26-14/h1-7,9,11H,8,10H2,(H,20,25). The third kappa shape index (κ3) is 3.99. The molecule has 4 rings (SSSR count). The number of thioether (sulfide) groups is 1. The monoisotopic (exact) mass is 399 g/mol. The minimum Gasteiger partial charge on any atom is -0.350 e. The molecule has 0 saturated carbocycles. The van der Waals surface area contributed by atoms with E-state index >= 15 is 0 Å². The number of benzene rings is 1. The summed E-state index contributed by atoms with van der Waals surface area (Å²) in [5, 5.41) is 10.6. The van der Waals surface area contributed by atoms with E-state index in [4.69, 9.17) is 0 Å².